The molecule has 292 valence electrons. The minimum absolute atomic E-state index is 0.00569. The second-order valence-electron chi connectivity index (χ2n) is 17.8. The predicted molar refractivity (Wildman–Crippen MR) is 243 cm³/mol. The van der Waals surface area contributed by atoms with Gasteiger partial charge in [0.05, 0.1) is 22.4 Å². The van der Waals surface area contributed by atoms with E-state index in [2.05, 4.69) is 188 Å². The number of nitrogens with zero attached hydrogens (tertiary/aromatic N) is 4. The highest BCUT2D eigenvalue weighted by molar-refractivity contribution is 6.10. The van der Waals surface area contributed by atoms with Gasteiger partial charge in [-0.2, -0.15) is 0 Å². The maximum atomic E-state index is 6.66. The van der Waals surface area contributed by atoms with Crippen LogP contribution in [0.3, 0.4) is 0 Å². The van der Waals surface area contributed by atoms with E-state index in [-0.39, 0.29) is 10.8 Å². The lowest BCUT2D eigenvalue weighted by atomic mass is 9.83. The molecule has 0 saturated carbocycles. The maximum absolute atomic E-state index is 6.66. The van der Waals surface area contributed by atoms with Gasteiger partial charge in [-0.05, 0) is 136 Å². The van der Waals surface area contributed by atoms with Crippen molar-refractivity contribution in [2.45, 2.75) is 66.2 Å². The Morgan fingerprint density at radius 1 is 0.576 bits per heavy atom. The molecule has 0 fully saturated rings. The number of ether oxygens (including phenoxy) is 1. The fourth-order valence-electron chi connectivity index (χ4n) is 8.23. The Hall–Kier alpha value is -6.72. The van der Waals surface area contributed by atoms with Gasteiger partial charge >= 0.3 is 0 Å². The number of fused-ring (bicyclic) bond motifs is 3. The van der Waals surface area contributed by atoms with Crippen molar-refractivity contribution >= 4 is 21.8 Å². The summed E-state index contributed by atoms with van der Waals surface area (Å²) in [6.07, 6.45) is 9.49. The largest absolute Gasteiger partial charge is 0.458 e. The molecule has 5 nitrogen and oxygen atoms in total. The summed E-state index contributed by atoms with van der Waals surface area (Å²) in [7, 11) is 0. The summed E-state index contributed by atoms with van der Waals surface area (Å²) >= 11 is 0. The third-order valence-electron chi connectivity index (χ3n) is 11.4. The highest BCUT2D eigenvalue weighted by atomic mass is 16.5. The Kier molecular flexibility index (Phi) is 9.35. The minimum Gasteiger partial charge on any atom is -0.458 e. The van der Waals surface area contributed by atoms with Crippen LogP contribution in [0.25, 0.3) is 61.3 Å². The zero-order chi connectivity index (χ0) is 41.1. The van der Waals surface area contributed by atoms with Crippen LogP contribution in [-0.4, -0.2) is 14.1 Å². The molecule has 0 aliphatic heterocycles. The maximum Gasteiger partial charge on any atom is 0.268 e. The summed E-state index contributed by atoms with van der Waals surface area (Å²) in [5.41, 5.74) is 14.2. The van der Waals surface area contributed by atoms with Gasteiger partial charge in [0, 0.05) is 35.4 Å². The van der Waals surface area contributed by atoms with Crippen molar-refractivity contribution in [3.63, 3.8) is 0 Å². The number of hydrogen-bond donors (Lipinski definition) is 0. The van der Waals surface area contributed by atoms with Crippen LogP contribution >= 0.6 is 0 Å². The Balaban J connectivity index is 1.09. The molecule has 0 atom stereocenters. The van der Waals surface area contributed by atoms with E-state index in [9.17, 15) is 0 Å². The molecule has 0 aliphatic rings. The van der Waals surface area contributed by atoms with Crippen LogP contribution in [0, 0.1) is 20.2 Å². The molecule has 0 spiro atoms. The molecule has 5 heteroatoms. The summed E-state index contributed by atoms with van der Waals surface area (Å²) in [4.78, 5) is 5.01. The summed E-state index contributed by atoms with van der Waals surface area (Å²) in [6, 6.07) is 49.4. The molecule has 0 unspecified atom stereocenters. The number of pyridine rings is 1. The lowest BCUT2D eigenvalue weighted by molar-refractivity contribution is -0.599. The number of rotatable bonds is 7. The van der Waals surface area contributed by atoms with Crippen molar-refractivity contribution in [2.75, 3.05) is 0 Å². The van der Waals surface area contributed by atoms with Gasteiger partial charge in [-0.3, -0.25) is 13.7 Å². The molecular weight excluding hydrogens is 721 g/mol. The van der Waals surface area contributed by atoms with E-state index in [1.807, 2.05) is 45.9 Å². The first-order valence-electron chi connectivity index (χ1n) is 20.4. The van der Waals surface area contributed by atoms with E-state index >= 15 is 0 Å². The van der Waals surface area contributed by atoms with Crippen LogP contribution in [0.15, 0.2) is 158 Å². The Morgan fingerprint density at radius 2 is 1.31 bits per heavy atom. The first kappa shape index (κ1) is 37.8. The zero-order valence-corrected chi connectivity index (χ0v) is 35.2. The lowest BCUT2D eigenvalue weighted by Gasteiger charge is -2.22. The van der Waals surface area contributed by atoms with Crippen molar-refractivity contribution in [2.24, 2.45) is 0 Å². The molecule has 6 aromatic carbocycles. The molecule has 0 aliphatic carbocycles. The van der Waals surface area contributed by atoms with Crippen molar-refractivity contribution in [1.82, 2.24) is 14.1 Å². The molecule has 3 heterocycles. The molecule has 0 radical (unpaired) electrons. The summed E-state index contributed by atoms with van der Waals surface area (Å²) in [5.74, 6) is 2.36. The van der Waals surface area contributed by atoms with Crippen LogP contribution in [0.5, 0.6) is 11.5 Å². The van der Waals surface area contributed by atoms with Gasteiger partial charge in [-0.15, -0.1) is 0 Å². The van der Waals surface area contributed by atoms with Crippen molar-refractivity contribution in [1.29, 1.82) is 0 Å². The van der Waals surface area contributed by atoms with E-state index in [1.54, 1.807) is 0 Å². The molecule has 0 N–H and O–H groups in total. The number of hydrogen-bond acceptors (Lipinski definition) is 2. The first-order chi connectivity index (χ1) is 28.3. The molecule has 9 rings (SSSR count). The molecule has 0 saturated heterocycles. The fraction of sp³-hybridized carbons (Fsp3) is 0.185. The molecule has 3 aromatic heterocycles. The average Bonchev–Trinajstić information content (AvgIpc) is 3.84. The van der Waals surface area contributed by atoms with Gasteiger partial charge in [0.15, 0.2) is 0 Å². The molecule has 0 bridgehead atoms. The van der Waals surface area contributed by atoms with Crippen LogP contribution in [0.1, 0.15) is 63.8 Å². The summed E-state index contributed by atoms with van der Waals surface area (Å²) in [5, 5.41) is 2.35. The number of aromatic nitrogens is 4. The highest BCUT2D eigenvalue weighted by Crippen LogP contribution is 2.39. The average molecular weight is 771 g/mol. The van der Waals surface area contributed by atoms with E-state index < -0.39 is 0 Å². The van der Waals surface area contributed by atoms with Crippen molar-refractivity contribution in [3.8, 4) is 50.9 Å². The van der Waals surface area contributed by atoms with Gasteiger partial charge < -0.3 is 4.74 Å². The third kappa shape index (κ3) is 7.34. The zero-order valence-electron chi connectivity index (χ0n) is 35.2. The monoisotopic (exact) mass is 770 g/mol. The number of imidazole rings is 1. The highest BCUT2D eigenvalue weighted by Gasteiger charge is 2.21. The van der Waals surface area contributed by atoms with Gasteiger partial charge in [0.1, 0.15) is 17.3 Å². The van der Waals surface area contributed by atoms with Crippen LogP contribution < -0.4 is 9.30 Å². The van der Waals surface area contributed by atoms with Crippen LogP contribution in [0.4, 0.5) is 0 Å². The second kappa shape index (κ2) is 14.6. The van der Waals surface area contributed by atoms with E-state index in [1.165, 1.54) is 38.8 Å². The molecule has 9 aromatic rings. The van der Waals surface area contributed by atoms with Crippen molar-refractivity contribution in [3.05, 3.63) is 187 Å². The smallest absolute Gasteiger partial charge is 0.268 e. The third-order valence-corrected chi connectivity index (χ3v) is 11.4. The number of benzene rings is 6. The number of aryl methyl sites for hydroxylation is 2. The quantitative estimate of drug-likeness (QED) is 0.120. The molecule has 0 amide bonds. The van der Waals surface area contributed by atoms with Crippen LogP contribution in [-0.2, 0) is 10.8 Å². The van der Waals surface area contributed by atoms with Gasteiger partial charge in [0.2, 0.25) is 0 Å². The van der Waals surface area contributed by atoms with E-state index in [0.717, 1.165) is 56.2 Å². The second-order valence-corrected chi connectivity index (χ2v) is 17.8. The Bertz CT molecular complexity index is 2990. The minimum atomic E-state index is 0.00569. The Labute approximate surface area is 347 Å². The van der Waals surface area contributed by atoms with Crippen molar-refractivity contribution < 1.29 is 9.30 Å². The molecule has 59 heavy (non-hydrogen) atoms. The van der Waals surface area contributed by atoms with E-state index in [0.29, 0.717) is 0 Å². The van der Waals surface area contributed by atoms with Gasteiger partial charge in [-0.1, -0.05) is 108 Å². The lowest BCUT2D eigenvalue weighted by Crippen LogP contribution is -2.28. The predicted octanol–water partition coefficient (Wildman–Crippen LogP) is 13.4. The Morgan fingerprint density at radius 3 is 2.07 bits per heavy atom. The SMILES string of the molecule is Cc1cc(C(C)(C)C)cc(C)c1-c1ccnc(-n2c3ccc(C(C)(C)C)cc3c3ccc(Oc4cccc(-n5[c-][n+](-c6cccc(-c7ccccc7)c6)cc5)c4)cc32)c1. The van der Waals surface area contributed by atoms with E-state index in [4.69, 9.17) is 9.72 Å². The topological polar surface area (TPSA) is 35.9 Å². The van der Waals surface area contributed by atoms with Gasteiger partial charge in [-0.25, -0.2) is 4.98 Å². The molecular formula is C54H50N4O. The van der Waals surface area contributed by atoms with Gasteiger partial charge in [0.25, 0.3) is 6.33 Å². The normalized spacial score (nSPS) is 12.1. The fourth-order valence-corrected chi connectivity index (χ4v) is 8.23. The standard InChI is InChI=1S/C54H50N4O/c1-36-28-42(54(6,7)8)29-37(2)52(36)40-24-25-55-51(31-40)58-49-23-20-41(53(3,4)5)32-48(49)47-22-21-46(34-50(47)58)59-45-19-13-18-44(33-45)57-27-26-56(35-57)43-17-12-16-39(30-43)38-14-10-9-11-15-38/h9-34H,1-8H3. The van der Waals surface area contributed by atoms with Crippen LogP contribution in [0.2, 0.25) is 0 Å². The summed E-state index contributed by atoms with van der Waals surface area (Å²) in [6.45, 7) is 18.1. The first-order valence-corrected chi connectivity index (χ1v) is 20.4. The summed E-state index contributed by atoms with van der Waals surface area (Å²) < 4.78 is 13.0.